The zero-order chi connectivity index (χ0) is 15.1. The van der Waals surface area contributed by atoms with Gasteiger partial charge in [-0.05, 0) is 30.2 Å². The Morgan fingerprint density at radius 2 is 1.95 bits per heavy atom. The Labute approximate surface area is 134 Å². The number of rotatable bonds is 7. The predicted octanol–water partition coefficient (Wildman–Crippen LogP) is 4.28. The SMILES string of the molecule is CCCOc1ccc(CN)c(OCc2cccc(Br)c2)c1. The van der Waals surface area contributed by atoms with E-state index in [4.69, 9.17) is 15.2 Å². The van der Waals surface area contributed by atoms with Crippen LogP contribution < -0.4 is 15.2 Å². The molecule has 0 aliphatic heterocycles. The van der Waals surface area contributed by atoms with Gasteiger partial charge in [-0.1, -0.05) is 41.1 Å². The van der Waals surface area contributed by atoms with Crippen molar-refractivity contribution >= 4 is 15.9 Å². The Bertz CT molecular complexity index is 587. The van der Waals surface area contributed by atoms with Crippen LogP contribution >= 0.6 is 15.9 Å². The summed E-state index contributed by atoms with van der Waals surface area (Å²) in [5.41, 5.74) is 7.85. The van der Waals surface area contributed by atoms with E-state index >= 15 is 0 Å². The monoisotopic (exact) mass is 349 g/mol. The van der Waals surface area contributed by atoms with E-state index in [9.17, 15) is 0 Å². The van der Waals surface area contributed by atoms with Crippen molar-refractivity contribution in [3.05, 3.63) is 58.1 Å². The number of hydrogen-bond acceptors (Lipinski definition) is 3. The van der Waals surface area contributed by atoms with Crippen LogP contribution in [0.3, 0.4) is 0 Å². The molecule has 2 rings (SSSR count). The first-order chi connectivity index (χ1) is 10.2. The molecule has 21 heavy (non-hydrogen) atoms. The minimum absolute atomic E-state index is 0.446. The second-order valence-corrected chi connectivity index (χ2v) is 5.66. The third kappa shape index (κ3) is 4.76. The van der Waals surface area contributed by atoms with Gasteiger partial charge in [-0.15, -0.1) is 0 Å². The van der Waals surface area contributed by atoms with Crippen LogP contribution in [0, 0.1) is 0 Å². The smallest absolute Gasteiger partial charge is 0.127 e. The zero-order valence-electron chi connectivity index (χ0n) is 12.1. The fourth-order valence-electron chi connectivity index (χ4n) is 1.94. The van der Waals surface area contributed by atoms with E-state index in [1.807, 2.05) is 42.5 Å². The van der Waals surface area contributed by atoms with Crippen molar-refractivity contribution in [3.8, 4) is 11.5 Å². The van der Waals surface area contributed by atoms with E-state index in [0.29, 0.717) is 19.8 Å². The number of hydrogen-bond donors (Lipinski definition) is 1. The zero-order valence-corrected chi connectivity index (χ0v) is 13.7. The molecule has 0 aliphatic carbocycles. The second kappa shape index (κ2) is 8.05. The van der Waals surface area contributed by atoms with Crippen LogP contribution in [-0.2, 0) is 13.2 Å². The Morgan fingerprint density at radius 1 is 1.10 bits per heavy atom. The first kappa shape index (κ1) is 15.9. The minimum atomic E-state index is 0.446. The normalized spacial score (nSPS) is 10.4. The van der Waals surface area contributed by atoms with Crippen LogP contribution in [0.25, 0.3) is 0 Å². The number of benzene rings is 2. The van der Waals surface area contributed by atoms with E-state index in [2.05, 4.69) is 22.9 Å². The summed E-state index contributed by atoms with van der Waals surface area (Å²) in [6.07, 6.45) is 0.979. The van der Waals surface area contributed by atoms with Gasteiger partial charge < -0.3 is 15.2 Å². The van der Waals surface area contributed by atoms with Crippen LogP contribution in [-0.4, -0.2) is 6.61 Å². The molecule has 2 aromatic rings. The summed E-state index contributed by atoms with van der Waals surface area (Å²) in [4.78, 5) is 0. The lowest BCUT2D eigenvalue weighted by Gasteiger charge is -2.13. The minimum Gasteiger partial charge on any atom is -0.493 e. The largest absolute Gasteiger partial charge is 0.493 e. The van der Waals surface area contributed by atoms with Gasteiger partial charge in [0.1, 0.15) is 18.1 Å². The summed E-state index contributed by atoms with van der Waals surface area (Å²) >= 11 is 3.46. The number of halogens is 1. The summed E-state index contributed by atoms with van der Waals surface area (Å²) in [5, 5.41) is 0. The van der Waals surface area contributed by atoms with Crippen LogP contribution in [0.15, 0.2) is 46.9 Å². The molecule has 0 spiro atoms. The molecule has 3 nitrogen and oxygen atoms in total. The fourth-order valence-corrected chi connectivity index (χ4v) is 2.38. The van der Waals surface area contributed by atoms with Crippen LogP contribution in [0.2, 0.25) is 0 Å². The molecule has 0 bridgehead atoms. The van der Waals surface area contributed by atoms with Crippen molar-refractivity contribution in [3.63, 3.8) is 0 Å². The van der Waals surface area contributed by atoms with Gasteiger partial charge in [0.25, 0.3) is 0 Å². The summed E-state index contributed by atoms with van der Waals surface area (Å²) < 4.78 is 12.6. The van der Waals surface area contributed by atoms with Gasteiger partial charge in [0.2, 0.25) is 0 Å². The molecule has 0 aliphatic rings. The Kier molecular flexibility index (Phi) is 6.08. The maximum Gasteiger partial charge on any atom is 0.127 e. The van der Waals surface area contributed by atoms with Crippen molar-refractivity contribution in [2.45, 2.75) is 26.5 Å². The molecule has 0 atom stereocenters. The standard InChI is InChI=1S/C17H20BrNO2/c1-2-8-20-16-7-6-14(11-19)17(10-16)21-12-13-4-3-5-15(18)9-13/h3-7,9-10H,2,8,11-12,19H2,1H3. The third-order valence-electron chi connectivity index (χ3n) is 3.01. The van der Waals surface area contributed by atoms with E-state index in [-0.39, 0.29) is 0 Å². The van der Waals surface area contributed by atoms with Crippen LogP contribution in [0.4, 0.5) is 0 Å². The molecule has 4 heteroatoms. The molecule has 2 aromatic carbocycles. The van der Waals surface area contributed by atoms with Crippen LogP contribution in [0.5, 0.6) is 11.5 Å². The van der Waals surface area contributed by atoms with E-state index in [0.717, 1.165) is 33.5 Å². The van der Waals surface area contributed by atoms with Crippen molar-refractivity contribution in [1.82, 2.24) is 0 Å². The van der Waals surface area contributed by atoms with Gasteiger partial charge in [-0.2, -0.15) is 0 Å². The van der Waals surface area contributed by atoms with Crippen molar-refractivity contribution in [1.29, 1.82) is 0 Å². The van der Waals surface area contributed by atoms with Crippen molar-refractivity contribution < 1.29 is 9.47 Å². The van der Waals surface area contributed by atoms with Gasteiger partial charge in [0.15, 0.2) is 0 Å². The first-order valence-corrected chi connectivity index (χ1v) is 7.85. The third-order valence-corrected chi connectivity index (χ3v) is 3.51. The fraction of sp³-hybridized carbons (Fsp3) is 0.294. The highest BCUT2D eigenvalue weighted by Gasteiger charge is 2.06. The summed E-state index contributed by atoms with van der Waals surface area (Å²) in [5.74, 6) is 1.60. The van der Waals surface area contributed by atoms with Gasteiger partial charge in [0.05, 0.1) is 6.61 Å². The average Bonchev–Trinajstić information content (AvgIpc) is 2.51. The predicted molar refractivity (Wildman–Crippen MR) is 88.6 cm³/mol. The lowest BCUT2D eigenvalue weighted by Crippen LogP contribution is -2.04. The van der Waals surface area contributed by atoms with Gasteiger partial charge in [-0.25, -0.2) is 0 Å². The molecular weight excluding hydrogens is 330 g/mol. The molecule has 0 amide bonds. The molecule has 0 fully saturated rings. The molecule has 0 radical (unpaired) electrons. The maximum atomic E-state index is 5.91. The maximum absolute atomic E-state index is 5.91. The Balaban J connectivity index is 2.09. The average molecular weight is 350 g/mol. The second-order valence-electron chi connectivity index (χ2n) is 4.74. The van der Waals surface area contributed by atoms with Gasteiger partial charge in [0, 0.05) is 22.6 Å². The summed E-state index contributed by atoms with van der Waals surface area (Å²) in [6, 6.07) is 13.9. The Morgan fingerprint density at radius 3 is 2.67 bits per heavy atom. The molecule has 112 valence electrons. The molecular formula is C17H20BrNO2. The van der Waals surface area contributed by atoms with E-state index in [1.165, 1.54) is 0 Å². The van der Waals surface area contributed by atoms with E-state index in [1.54, 1.807) is 0 Å². The molecule has 0 saturated carbocycles. The molecule has 0 heterocycles. The quantitative estimate of drug-likeness (QED) is 0.811. The van der Waals surface area contributed by atoms with Crippen molar-refractivity contribution in [2.75, 3.05) is 6.61 Å². The van der Waals surface area contributed by atoms with Gasteiger partial charge in [-0.3, -0.25) is 0 Å². The molecule has 0 unspecified atom stereocenters. The first-order valence-electron chi connectivity index (χ1n) is 7.06. The molecule has 0 saturated heterocycles. The highest BCUT2D eigenvalue weighted by Crippen LogP contribution is 2.26. The van der Waals surface area contributed by atoms with Gasteiger partial charge >= 0.3 is 0 Å². The van der Waals surface area contributed by atoms with Crippen molar-refractivity contribution in [2.24, 2.45) is 5.73 Å². The Hall–Kier alpha value is -1.52. The lowest BCUT2D eigenvalue weighted by atomic mass is 10.2. The summed E-state index contributed by atoms with van der Waals surface area (Å²) in [6.45, 7) is 3.73. The van der Waals surface area contributed by atoms with E-state index < -0.39 is 0 Å². The lowest BCUT2D eigenvalue weighted by molar-refractivity contribution is 0.292. The highest BCUT2D eigenvalue weighted by atomic mass is 79.9. The van der Waals surface area contributed by atoms with Crippen LogP contribution in [0.1, 0.15) is 24.5 Å². The number of ether oxygens (including phenoxy) is 2. The topological polar surface area (TPSA) is 44.5 Å². The molecule has 0 aromatic heterocycles. The number of nitrogens with two attached hydrogens (primary N) is 1. The summed E-state index contributed by atoms with van der Waals surface area (Å²) in [7, 11) is 0. The molecule has 2 N–H and O–H groups in total. The highest BCUT2D eigenvalue weighted by molar-refractivity contribution is 9.10.